The van der Waals surface area contributed by atoms with Gasteiger partial charge in [0.2, 0.25) is 5.91 Å². The number of hydrogen-bond acceptors (Lipinski definition) is 5. The van der Waals surface area contributed by atoms with Crippen molar-refractivity contribution >= 4 is 28.7 Å². The number of thioether (sulfide) groups is 1. The number of rotatable bonds is 7. The number of hydrogen-bond donors (Lipinski definition) is 0. The Hall–Kier alpha value is -3.19. The summed E-state index contributed by atoms with van der Waals surface area (Å²) in [5.41, 5.74) is 2.61. The number of likely N-dealkylation sites (N-methyl/N-ethyl adjacent to an activating group) is 1. The summed E-state index contributed by atoms with van der Waals surface area (Å²) in [6.45, 7) is 5.34. The van der Waals surface area contributed by atoms with Crippen molar-refractivity contribution in [3.8, 4) is 5.69 Å². The second-order valence-corrected chi connectivity index (χ2v) is 7.82. The molecule has 0 aliphatic carbocycles. The van der Waals surface area contributed by atoms with E-state index in [1.807, 2.05) is 79.4 Å². The van der Waals surface area contributed by atoms with Gasteiger partial charge in [-0.2, -0.15) is 5.10 Å². The second-order valence-electron chi connectivity index (χ2n) is 6.73. The minimum absolute atomic E-state index is 0.0819. The summed E-state index contributed by atoms with van der Waals surface area (Å²) in [7, 11) is 0. The Labute approximate surface area is 180 Å². The van der Waals surface area contributed by atoms with Gasteiger partial charge >= 0.3 is 0 Å². The van der Waals surface area contributed by atoms with Crippen LogP contribution in [0.25, 0.3) is 16.7 Å². The van der Waals surface area contributed by atoms with Gasteiger partial charge in [0.1, 0.15) is 16.6 Å². The summed E-state index contributed by atoms with van der Waals surface area (Å²) in [5, 5.41) is 5.72. The molecule has 7 heteroatoms. The predicted octanol–water partition coefficient (Wildman–Crippen LogP) is 4.52. The monoisotopic (exact) mass is 417 g/mol. The molecule has 0 fully saturated rings. The molecule has 4 aromatic rings. The van der Waals surface area contributed by atoms with Gasteiger partial charge in [-0.05, 0) is 31.5 Å². The average molecular weight is 418 g/mol. The van der Waals surface area contributed by atoms with Crippen LogP contribution in [-0.2, 0) is 4.79 Å². The first-order chi connectivity index (χ1) is 14.7. The number of benzene rings is 2. The van der Waals surface area contributed by atoms with Gasteiger partial charge in [0.15, 0.2) is 5.65 Å². The highest BCUT2D eigenvalue weighted by molar-refractivity contribution is 8.00. The van der Waals surface area contributed by atoms with E-state index in [9.17, 15) is 4.79 Å². The molecule has 0 aliphatic rings. The zero-order valence-electron chi connectivity index (χ0n) is 17.0. The molecule has 30 heavy (non-hydrogen) atoms. The molecule has 0 N–H and O–H groups in total. The number of fused-ring (bicyclic) bond motifs is 1. The van der Waals surface area contributed by atoms with Crippen molar-refractivity contribution in [2.75, 3.05) is 13.1 Å². The molecule has 1 amide bonds. The highest BCUT2D eigenvalue weighted by Gasteiger charge is 2.27. The molecule has 0 saturated carbocycles. The van der Waals surface area contributed by atoms with Crippen LogP contribution in [-0.4, -0.2) is 43.6 Å². The fourth-order valence-corrected chi connectivity index (χ4v) is 4.52. The zero-order valence-corrected chi connectivity index (χ0v) is 17.8. The number of amides is 1. The number of carbonyl (C=O) groups is 1. The number of carbonyl (C=O) groups excluding carboxylic acids is 1. The topological polar surface area (TPSA) is 63.9 Å². The molecular formula is C23H23N5OS. The molecule has 0 saturated heterocycles. The standard InChI is InChI=1S/C23H23N5OS/c1-3-27(4-2)23(29)20(17-11-7-5-8-12-17)30-22-19-15-26-28(21(19)24-16-25-22)18-13-9-6-10-14-18/h5-16,20H,3-4H2,1-2H3/t20-/m1/s1. The molecule has 2 heterocycles. The van der Waals surface area contributed by atoms with Gasteiger partial charge in [-0.1, -0.05) is 60.3 Å². The third kappa shape index (κ3) is 3.93. The lowest BCUT2D eigenvalue weighted by molar-refractivity contribution is -0.130. The molecular weight excluding hydrogens is 394 g/mol. The van der Waals surface area contributed by atoms with Crippen molar-refractivity contribution in [2.45, 2.75) is 24.1 Å². The van der Waals surface area contributed by atoms with Gasteiger partial charge in [-0.15, -0.1) is 0 Å². The first-order valence-corrected chi connectivity index (χ1v) is 10.9. The summed E-state index contributed by atoms with van der Waals surface area (Å²) < 4.78 is 1.80. The highest BCUT2D eigenvalue weighted by atomic mass is 32.2. The van der Waals surface area contributed by atoms with Crippen molar-refractivity contribution in [3.63, 3.8) is 0 Å². The Morgan fingerprint density at radius 3 is 2.33 bits per heavy atom. The maximum Gasteiger partial charge on any atom is 0.240 e. The summed E-state index contributed by atoms with van der Waals surface area (Å²) in [6.07, 6.45) is 3.31. The van der Waals surface area contributed by atoms with Gasteiger partial charge in [0.25, 0.3) is 0 Å². The van der Waals surface area contributed by atoms with Crippen LogP contribution >= 0.6 is 11.8 Å². The molecule has 4 rings (SSSR count). The minimum Gasteiger partial charge on any atom is -0.342 e. The molecule has 2 aromatic heterocycles. The Kier molecular flexibility index (Phi) is 6.09. The summed E-state index contributed by atoms with van der Waals surface area (Å²) in [6, 6.07) is 19.7. The summed E-state index contributed by atoms with van der Waals surface area (Å²) >= 11 is 1.45. The third-order valence-corrected chi connectivity index (χ3v) is 6.22. The van der Waals surface area contributed by atoms with E-state index in [-0.39, 0.29) is 11.2 Å². The Bertz CT molecular complexity index is 1130. The van der Waals surface area contributed by atoms with E-state index in [1.54, 1.807) is 10.9 Å². The van der Waals surface area contributed by atoms with Crippen molar-refractivity contribution in [1.82, 2.24) is 24.6 Å². The van der Waals surface area contributed by atoms with Gasteiger partial charge in [-0.3, -0.25) is 4.79 Å². The van der Waals surface area contributed by atoms with E-state index in [2.05, 4.69) is 15.1 Å². The van der Waals surface area contributed by atoms with Crippen LogP contribution < -0.4 is 0 Å². The van der Waals surface area contributed by atoms with Gasteiger partial charge in [0, 0.05) is 13.1 Å². The highest BCUT2D eigenvalue weighted by Crippen LogP contribution is 2.38. The fourth-order valence-electron chi connectivity index (χ4n) is 3.38. The van der Waals surface area contributed by atoms with E-state index in [0.717, 1.165) is 27.3 Å². The molecule has 0 bridgehead atoms. The molecule has 0 radical (unpaired) electrons. The number of para-hydroxylation sites is 1. The first-order valence-electron chi connectivity index (χ1n) is 9.97. The molecule has 152 valence electrons. The molecule has 0 aliphatic heterocycles. The maximum atomic E-state index is 13.3. The number of nitrogens with zero attached hydrogens (tertiary/aromatic N) is 5. The van der Waals surface area contributed by atoms with Crippen LogP contribution in [0.4, 0.5) is 0 Å². The van der Waals surface area contributed by atoms with Crippen LogP contribution in [0.2, 0.25) is 0 Å². The zero-order chi connectivity index (χ0) is 20.9. The van der Waals surface area contributed by atoms with Gasteiger partial charge < -0.3 is 4.90 Å². The molecule has 2 aromatic carbocycles. The smallest absolute Gasteiger partial charge is 0.240 e. The molecule has 6 nitrogen and oxygen atoms in total. The van der Waals surface area contributed by atoms with E-state index < -0.39 is 0 Å². The SMILES string of the molecule is CCN(CC)C(=O)[C@H](Sc1ncnc2c1cnn2-c1ccccc1)c1ccccc1. The van der Waals surface area contributed by atoms with Crippen molar-refractivity contribution in [2.24, 2.45) is 0 Å². The second kappa shape index (κ2) is 9.09. The lowest BCUT2D eigenvalue weighted by Crippen LogP contribution is -2.33. The van der Waals surface area contributed by atoms with Crippen LogP contribution in [0.5, 0.6) is 0 Å². The first kappa shape index (κ1) is 20.1. The van der Waals surface area contributed by atoms with Gasteiger partial charge in [-0.25, -0.2) is 14.6 Å². The largest absolute Gasteiger partial charge is 0.342 e. The predicted molar refractivity (Wildman–Crippen MR) is 120 cm³/mol. The molecule has 1 atom stereocenters. The summed E-state index contributed by atoms with van der Waals surface area (Å²) in [4.78, 5) is 24.1. The fraction of sp³-hybridized carbons (Fsp3) is 0.217. The normalized spacial score (nSPS) is 12.1. The van der Waals surface area contributed by atoms with E-state index in [1.165, 1.54) is 18.1 Å². The van der Waals surface area contributed by atoms with E-state index in [4.69, 9.17) is 0 Å². The number of aromatic nitrogens is 4. The Balaban J connectivity index is 1.75. The van der Waals surface area contributed by atoms with Crippen LogP contribution in [0, 0.1) is 0 Å². The Morgan fingerprint density at radius 1 is 1.00 bits per heavy atom. The average Bonchev–Trinajstić information content (AvgIpc) is 3.24. The minimum atomic E-state index is -0.385. The lowest BCUT2D eigenvalue weighted by atomic mass is 10.1. The van der Waals surface area contributed by atoms with Crippen LogP contribution in [0.15, 0.2) is 78.2 Å². The quantitative estimate of drug-likeness (QED) is 0.327. The molecule has 0 spiro atoms. The van der Waals surface area contributed by atoms with Crippen molar-refractivity contribution < 1.29 is 4.79 Å². The maximum absolute atomic E-state index is 13.3. The van der Waals surface area contributed by atoms with Crippen molar-refractivity contribution in [1.29, 1.82) is 0 Å². The Morgan fingerprint density at radius 2 is 1.67 bits per heavy atom. The van der Waals surface area contributed by atoms with E-state index >= 15 is 0 Å². The summed E-state index contributed by atoms with van der Waals surface area (Å²) in [5.74, 6) is 0.0819. The molecule has 0 unspecified atom stereocenters. The van der Waals surface area contributed by atoms with Crippen LogP contribution in [0.1, 0.15) is 24.7 Å². The van der Waals surface area contributed by atoms with E-state index in [0.29, 0.717) is 13.1 Å². The third-order valence-electron chi connectivity index (χ3n) is 4.96. The van der Waals surface area contributed by atoms with Gasteiger partial charge in [0.05, 0.1) is 17.3 Å². The lowest BCUT2D eigenvalue weighted by Gasteiger charge is -2.25. The van der Waals surface area contributed by atoms with Crippen LogP contribution in [0.3, 0.4) is 0 Å². The van der Waals surface area contributed by atoms with Crippen molar-refractivity contribution in [3.05, 3.63) is 78.8 Å².